The lowest BCUT2D eigenvalue weighted by atomic mass is 10.1. The van der Waals surface area contributed by atoms with Gasteiger partial charge in [-0.2, -0.15) is 0 Å². The maximum absolute atomic E-state index is 11.0. The van der Waals surface area contributed by atoms with Gasteiger partial charge in [-0.05, 0) is 5.56 Å². The maximum atomic E-state index is 11.0. The molecule has 1 heterocycles. The van der Waals surface area contributed by atoms with Crippen molar-refractivity contribution in [2.45, 2.75) is 6.42 Å². The number of aliphatic imine (C=N–C) groups is 1. The van der Waals surface area contributed by atoms with Crippen LogP contribution in [0.5, 0.6) is 0 Å². The van der Waals surface area contributed by atoms with Crippen molar-refractivity contribution < 1.29 is 4.79 Å². The monoisotopic (exact) mass is 171 g/mol. The van der Waals surface area contributed by atoms with E-state index in [2.05, 4.69) is 4.99 Å². The van der Waals surface area contributed by atoms with Crippen molar-refractivity contribution in [3.63, 3.8) is 0 Å². The molecule has 1 aromatic carbocycles. The van der Waals surface area contributed by atoms with Crippen molar-refractivity contribution in [1.82, 2.24) is 0 Å². The SMILES string of the molecule is O=C1C=CCC(c2ccccc2)=N1. The molecule has 1 amide bonds. The van der Waals surface area contributed by atoms with Crippen LogP contribution in [0.15, 0.2) is 47.5 Å². The first-order valence-electron chi connectivity index (χ1n) is 4.20. The van der Waals surface area contributed by atoms with Gasteiger partial charge in [0.1, 0.15) is 0 Å². The minimum absolute atomic E-state index is 0.162. The van der Waals surface area contributed by atoms with Gasteiger partial charge in [-0.25, -0.2) is 4.99 Å². The summed E-state index contributed by atoms with van der Waals surface area (Å²) >= 11 is 0. The summed E-state index contributed by atoms with van der Waals surface area (Å²) in [5.74, 6) is -0.162. The number of dihydropyridines is 1. The largest absolute Gasteiger partial charge is 0.269 e. The van der Waals surface area contributed by atoms with Gasteiger partial charge in [0, 0.05) is 12.5 Å². The van der Waals surface area contributed by atoms with E-state index in [0.717, 1.165) is 17.7 Å². The number of benzene rings is 1. The van der Waals surface area contributed by atoms with E-state index in [1.165, 1.54) is 6.08 Å². The van der Waals surface area contributed by atoms with Gasteiger partial charge in [0.2, 0.25) is 0 Å². The number of rotatable bonds is 1. The van der Waals surface area contributed by atoms with E-state index in [1.807, 2.05) is 36.4 Å². The highest BCUT2D eigenvalue weighted by molar-refractivity contribution is 6.11. The quantitative estimate of drug-likeness (QED) is 0.635. The Morgan fingerprint density at radius 1 is 1.15 bits per heavy atom. The van der Waals surface area contributed by atoms with Crippen LogP contribution in [0.1, 0.15) is 12.0 Å². The summed E-state index contributed by atoms with van der Waals surface area (Å²) in [6.07, 6.45) is 4.10. The van der Waals surface area contributed by atoms with Crippen molar-refractivity contribution in [3.05, 3.63) is 48.0 Å². The Labute approximate surface area is 76.6 Å². The first-order chi connectivity index (χ1) is 6.36. The molecule has 0 atom stereocenters. The minimum Gasteiger partial charge on any atom is -0.267 e. The van der Waals surface area contributed by atoms with Crippen LogP contribution in [-0.4, -0.2) is 11.6 Å². The van der Waals surface area contributed by atoms with Crippen molar-refractivity contribution in [2.75, 3.05) is 0 Å². The van der Waals surface area contributed by atoms with Gasteiger partial charge in [0.05, 0.1) is 5.71 Å². The van der Waals surface area contributed by atoms with E-state index in [1.54, 1.807) is 0 Å². The number of amides is 1. The second-order valence-electron chi connectivity index (χ2n) is 2.87. The lowest BCUT2D eigenvalue weighted by Gasteiger charge is -2.05. The molecule has 2 heteroatoms. The predicted molar refractivity (Wildman–Crippen MR) is 51.7 cm³/mol. The van der Waals surface area contributed by atoms with Crippen LogP contribution in [0.3, 0.4) is 0 Å². The molecule has 0 spiro atoms. The highest BCUT2D eigenvalue weighted by Crippen LogP contribution is 2.08. The Balaban J connectivity index is 2.33. The fourth-order valence-electron chi connectivity index (χ4n) is 1.30. The summed E-state index contributed by atoms with van der Waals surface area (Å²) in [5.41, 5.74) is 1.88. The molecule has 0 aromatic heterocycles. The van der Waals surface area contributed by atoms with Gasteiger partial charge in [-0.1, -0.05) is 36.4 Å². The molecular formula is C11H9NO. The summed E-state index contributed by atoms with van der Waals surface area (Å²) in [7, 11) is 0. The summed E-state index contributed by atoms with van der Waals surface area (Å²) in [5, 5.41) is 0. The standard InChI is InChI=1S/C11H9NO/c13-11-8-4-7-10(12-11)9-5-2-1-3-6-9/h1-6,8H,7H2. The second kappa shape index (κ2) is 3.35. The second-order valence-corrected chi connectivity index (χ2v) is 2.87. The molecule has 13 heavy (non-hydrogen) atoms. The molecular weight excluding hydrogens is 162 g/mol. The molecule has 0 aliphatic carbocycles. The summed E-state index contributed by atoms with van der Waals surface area (Å²) in [6.45, 7) is 0. The molecule has 0 saturated heterocycles. The Hall–Kier alpha value is -1.70. The molecule has 1 aliphatic heterocycles. The molecule has 0 radical (unpaired) electrons. The average molecular weight is 171 g/mol. The van der Waals surface area contributed by atoms with E-state index in [9.17, 15) is 4.79 Å². The minimum atomic E-state index is -0.162. The summed E-state index contributed by atoms with van der Waals surface area (Å²) < 4.78 is 0. The molecule has 0 unspecified atom stereocenters. The van der Waals surface area contributed by atoms with Gasteiger partial charge < -0.3 is 0 Å². The van der Waals surface area contributed by atoms with Gasteiger partial charge in [0.15, 0.2) is 0 Å². The zero-order chi connectivity index (χ0) is 9.10. The smallest absolute Gasteiger partial charge is 0.267 e. The number of allylic oxidation sites excluding steroid dienone is 1. The van der Waals surface area contributed by atoms with Crippen molar-refractivity contribution in [3.8, 4) is 0 Å². The fourth-order valence-corrected chi connectivity index (χ4v) is 1.30. The summed E-state index contributed by atoms with van der Waals surface area (Å²) in [4.78, 5) is 14.9. The molecule has 0 bridgehead atoms. The van der Waals surface area contributed by atoms with Crippen LogP contribution in [-0.2, 0) is 4.79 Å². The third kappa shape index (κ3) is 1.72. The normalized spacial score (nSPS) is 15.7. The van der Waals surface area contributed by atoms with E-state index >= 15 is 0 Å². The lowest BCUT2D eigenvalue weighted by molar-refractivity contribution is -0.113. The molecule has 1 aromatic rings. The molecule has 0 saturated carbocycles. The molecule has 0 N–H and O–H groups in total. The van der Waals surface area contributed by atoms with Crippen molar-refractivity contribution >= 4 is 11.6 Å². The highest BCUT2D eigenvalue weighted by atomic mass is 16.1. The van der Waals surface area contributed by atoms with Gasteiger partial charge in [-0.15, -0.1) is 0 Å². The van der Waals surface area contributed by atoms with E-state index in [0.29, 0.717) is 0 Å². The van der Waals surface area contributed by atoms with Crippen LogP contribution in [0.25, 0.3) is 0 Å². The Morgan fingerprint density at radius 3 is 2.62 bits per heavy atom. The number of nitrogens with zero attached hydrogens (tertiary/aromatic N) is 1. The topological polar surface area (TPSA) is 29.4 Å². The van der Waals surface area contributed by atoms with E-state index in [-0.39, 0.29) is 5.91 Å². The van der Waals surface area contributed by atoms with Crippen LogP contribution in [0, 0.1) is 0 Å². The maximum Gasteiger partial charge on any atom is 0.269 e. The molecule has 1 aliphatic rings. The first kappa shape index (κ1) is 7.92. The summed E-state index contributed by atoms with van der Waals surface area (Å²) in [6, 6.07) is 9.77. The number of carbonyl (C=O) groups is 1. The Morgan fingerprint density at radius 2 is 1.92 bits per heavy atom. The first-order valence-corrected chi connectivity index (χ1v) is 4.20. The number of hydrogen-bond donors (Lipinski definition) is 0. The average Bonchev–Trinajstić information content (AvgIpc) is 2.19. The highest BCUT2D eigenvalue weighted by Gasteiger charge is 2.07. The lowest BCUT2D eigenvalue weighted by Crippen LogP contribution is -2.06. The Kier molecular flexibility index (Phi) is 2.04. The molecule has 2 nitrogen and oxygen atoms in total. The van der Waals surface area contributed by atoms with Crippen molar-refractivity contribution in [2.24, 2.45) is 4.99 Å². The fraction of sp³-hybridized carbons (Fsp3) is 0.0909. The number of hydrogen-bond acceptors (Lipinski definition) is 1. The third-order valence-corrected chi connectivity index (χ3v) is 1.92. The number of carbonyl (C=O) groups excluding carboxylic acids is 1. The zero-order valence-electron chi connectivity index (χ0n) is 7.10. The van der Waals surface area contributed by atoms with Crippen LogP contribution in [0.4, 0.5) is 0 Å². The van der Waals surface area contributed by atoms with E-state index in [4.69, 9.17) is 0 Å². The predicted octanol–water partition coefficient (Wildman–Crippen LogP) is 1.96. The molecule has 64 valence electrons. The zero-order valence-corrected chi connectivity index (χ0v) is 7.10. The van der Waals surface area contributed by atoms with E-state index < -0.39 is 0 Å². The van der Waals surface area contributed by atoms with Crippen molar-refractivity contribution in [1.29, 1.82) is 0 Å². The third-order valence-electron chi connectivity index (χ3n) is 1.92. The van der Waals surface area contributed by atoms with Crippen LogP contribution in [0.2, 0.25) is 0 Å². The van der Waals surface area contributed by atoms with Crippen LogP contribution < -0.4 is 0 Å². The van der Waals surface area contributed by atoms with Crippen LogP contribution >= 0.6 is 0 Å². The Bertz CT molecular complexity index is 376. The molecule has 0 fully saturated rings. The van der Waals surface area contributed by atoms with Gasteiger partial charge in [0.25, 0.3) is 5.91 Å². The molecule has 2 rings (SSSR count). The van der Waals surface area contributed by atoms with Gasteiger partial charge >= 0.3 is 0 Å². The van der Waals surface area contributed by atoms with Gasteiger partial charge in [-0.3, -0.25) is 4.79 Å².